The second-order valence-electron chi connectivity index (χ2n) is 3.03. The summed E-state index contributed by atoms with van der Waals surface area (Å²) >= 11 is 5.48. The molecule has 0 fully saturated rings. The van der Waals surface area contributed by atoms with Gasteiger partial charge in [-0.15, -0.1) is 12.4 Å². The van der Waals surface area contributed by atoms with Gasteiger partial charge in [0.2, 0.25) is 0 Å². The summed E-state index contributed by atoms with van der Waals surface area (Å²) in [6.07, 6.45) is -4.41. The normalized spacial score (nSPS) is 13.2. The highest BCUT2D eigenvalue weighted by Gasteiger charge is 2.33. The highest BCUT2D eigenvalue weighted by atomic mass is 35.5. The lowest BCUT2D eigenvalue weighted by Gasteiger charge is -2.11. The molecule has 0 bridgehead atoms. The summed E-state index contributed by atoms with van der Waals surface area (Å²) in [7, 11) is 0. The standard InChI is InChI=1S/C9H9ClF3N.ClH/c1-5(14)6-2-3-7(8(10)4-6)9(11,12)13;/h2-5H,14H2,1H3;1H. The molecule has 1 aromatic rings. The van der Waals surface area contributed by atoms with Gasteiger partial charge in [0.1, 0.15) is 0 Å². The first-order chi connectivity index (χ1) is 6.32. The molecule has 0 aromatic heterocycles. The van der Waals surface area contributed by atoms with Gasteiger partial charge in [0.05, 0.1) is 10.6 Å². The molecule has 0 saturated carbocycles. The summed E-state index contributed by atoms with van der Waals surface area (Å²) in [5, 5.41) is -0.313. The van der Waals surface area contributed by atoms with Crippen LogP contribution in [-0.4, -0.2) is 0 Å². The van der Waals surface area contributed by atoms with Crippen molar-refractivity contribution >= 4 is 24.0 Å². The van der Waals surface area contributed by atoms with Gasteiger partial charge in [0.15, 0.2) is 0 Å². The van der Waals surface area contributed by atoms with Crippen molar-refractivity contribution in [3.63, 3.8) is 0 Å². The van der Waals surface area contributed by atoms with Crippen molar-refractivity contribution in [2.75, 3.05) is 0 Å². The van der Waals surface area contributed by atoms with E-state index >= 15 is 0 Å². The van der Waals surface area contributed by atoms with Gasteiger partial charge in [0.25, 0.3) is 0 Å². The molecule has 0 aliphatic heterocycles. The maximum absolute atomic E-state index is 12.3. The molecule has 0 aliphatic rings. The van der Waals surface area contributed by atoms with Crippen LogP contribution in [0.4, 0.5) is 13.2 Å². The zero-order valence-corrected chi connectivity index (χ0v) is 9.38. The highest BCUT2D eigenvalue weighted by molar-refractivity contribution is 6.31. The Hall–Kier alpha value is -0.450. The molecule has 0 spiro atoms. The molecule has 6 heteroatoms. The van der Waals surface area contributed by atoms with E-state index in [1.165, 1.54) is 12.1 Å². The highest BCUT2D eigenvalue weighted by Crippen LogP contribution is 2.35. The molecule has 0 aliphatic carbocycles. The first-order valence-electron chi connectivity index (χ1n) is 3.94. The molecule has 15 heavy (non-hydrogen) atoms. The minimum Gasteiger partial charge on any atom is -0.324 e. The van der Waals surface area contributed by atoms with E-state index in [4.69, 9.17) is 17.3 Å². The monoisotopic (exact) mass is 259 g/mol. The predicted molar refractivity (Wildman–Crippen MR) is 56.3 cm³/mol. The van der Waals surface area contributed by atoms with Gasteiger partial charge in [0, 0.05) is 6.04 Å². The van der Waals surface area contributed by atoms with E-state index in [1.54, 1.807) is 6.92 Å². The van der Waals surface area contributed by atoms with E-state index in [0.717, 1.165) is 6.07 Å². The summed E-state index contributed by atoms with van der Waals surface area (Å²) in [4.78, 5) is 0. The molecule has 0 amide bonds. The average molecular weight is 260 g/mol. The van der Waals surface area contributed by atoms with Gasteiger partial charge < -0.3 is 5.73 Å². The van der Waals surface area contributed by atoms with Crippen LogP contribution in [0.5, 0.6) is 0 Å². The van der Waals surface area contributed by atoms with Crippen molar-refractivity contribution in [2.24, 2.45) is 5.73 Å². The van der Waals surface area contributed by atoms with Gasteiger partial charge >= 0.3 is 6.18 Å². The first kappa shape index (κ1) is 14.5. The number of alkyl halides is 3. The fraction of sp³-hybridized carbons (Fsp3) is 0.333. The Labute approximate surface area is 96.8 Å². The molecule has 1 aromatic carbocycles. The van der Waals surface area contributed by atoms with E-state index in [0.29, 0.717) is 5.56 Å². The molecule has 0 saturated heterocycles. The van der Waals surface area contributed by atoms with Crippen LogP contribution in [0.3, 0.4) is 0 Å². The minimum atomic E-state index is -4.41. The second-order valence-corrected chi connectivity index (χ2v) is 3.43. The molecule has 1 rings (SSSR count). The van der Waals surface area contributed by atoms with Crippen LogP contribution >= 0.6 is 24.0 Å². The Balaban J connectivity index is 0.00000196. The van der Waals surface area contributed by atoms with Crippen LogP contribution in [0, 0.1) is 0 Å². The topological polar surface area (TPSA) is 26.0 Å². The summed E-state index contributed by atoms with van der Waals surface area (Å²) in [6.45, 7) is 1.68. The van der Waals surface area contributed by atoms with Crippen molar-refractivity contribution in [3.05, 3.63) is 34.3 Å². The number of halogens is 5. The fourth-order valence-electron chi connectivity index (χ4n) is 1.04. The molecule has 1 unspecified atom stereocenters. The average Bonchev–Trinajstić information content (AvgIpc) is 2.01. The number of benzene rings is 1. The quantitative estimate of drug-likeness (QED) is 0.816. The van der Waals surface area contributed by atoms with Gasteiger partial charge in [-0.05, 0) is 24.6 Å². The number of hydrogen-bond acceptors (Lipinski definition) is 1. The van der Waals surface area contributed by atoms with Crippen molar-refractivity contribution in [2.45, 2.75) is 19.1 Å². The molecule has 1 nitrogen and oxygen atoms in total. The second kappa shape index (κ2) is 5.05. The van der Waals surface area contributed by atoms with E-state index < -0.39 is 11.7 Å². The molecule has 0 heterocycles. The Bertz CT molecular complexity index is 337. The molecular weight excluding hydrogens is 250 g/mol. The molecule has 1 atom stereocenters. The predicted octanol–water partition coefficient (Wildman–Crippen LogP) is 3.80. The number of hydrogen-bond donors (Lipinski definition) is 1. The Kier molecular flexibility index (Phi) is 4.90. The van der Waals surface area contributed by atoms with Crippen molar-refractivity contribution in [1.82, 2.24) is 0 Å². The summed E-state index contributed by atoms with van der Waals surface area (Å²) in [5.41, 5.74) is 5.26. The van der Waals surface area contributed by atoms with Gasteiger partial charge in [-0.25, -0.2) is 0 Å². The van der Waals surface area contributed by atoms with Crippen LogP contribution in [0.25, 0.3) is 0 Å². The third-order valence-corrected chi connectivity index (χ3v) is 2.14. The van der Waals surface area contributed by atoms with Gasteiger partial charge in [-0.1, -0.05) is 17.7 Å². The minimum absolute atomic E-state index is 0. The Morgan fingerprint density at radius 1 is 1.33 bits per heavy atom. The van der Waals surface area contributed by atoms with Crippen molar-refractivity contribution in [3.8, 4) is 0 Å². The zero-order chi connectivity index (χ0) is 10.9. The van der Waals surface area contributed by atoms with Gasteiger partial charge in [-0.2, -0.15) is 13.2 Å². The third-order valence-electron chi connectivity index (χ3n) is 1.82. The van der Waals surface area contributed by atoms with Crippen LogP contribution in [-0.2, 0) is 6.18 Å². The lowest BCUT2D eigenvalue weighted by Crippen LogP contribution is -2.09. The summed E-state index contributed by atoms with van der Waals surface area (Å²) < 4.78 is 36.8. The molecule has 2 N–H and O–H groups in total. The first-order valence-corrected chi connectivity index (χ1v) is 4.32. The van der Waals surface area contributed by atoms with Crippen molar-refractivity contribution < 1.29 is 13.2 Å². The lowest BCUT2D eigenvalue weighted by atomic mass is 10.1. The van der Waals surface area contributed by atoms with E-state index in [2.05, 4.69) is 0 Å². The van der Waals surface area contributed by atoms with Crippen LogP contribution in [0.1, 0.15) is 24.1 Å². The molecule has 86 valence electrons. The third kappa shape index (κ3) is 3.55. The maximum Gasteiger partial charge on any atom is 0.417 e. The van der Waals surface area contributed by atoms with Crippen molar-refractivity contribution in [1.29, 1.82) is 0 Å². The molecule has 0 radical (unpaired) electrons. The number of nitrogens with two attached hydrogens (primary N) is 1. The smallest absolute Gasteiger partial charge is 0.324 e. The molecular formula is C9H10Cl2F3N. The largest absolute Gasteiger partial charge is 0.417 e. The van der Waals surface area contributed by atoms with Crippen LogP contribution in [0.2, 0.25) is 5.02 Å². The van der Waals surface area contributed by atoms with Crippen LogP contribution in [0.15, 0.2) is 18.2 Å². The lowest BCUT2D eigenvalue weighted by molar-refractivity contribution is -0.137. The number of rotatable bonds is 1. The summed E-state index contributed by atoms with van der Waals surface area (Å²) in [5.74, 6) is 0. The maximum atomic E-state index is 12.3. The van der Waals surface area contributed by atoms with E-state index in [-0.39, 0.29) is 23.5 Å². The summed E-state index contributed by atoms with van der Waals surface area (Å²) in [6, 6.07) is 3.20. The van der Waals surface area contributed by atoms with Gasteiger partial charge in [-0.3, -0.25) is 0 Å². The van der Waals surface area contributed by atoms with E-state index in [1.807, 2.05) is 0 Å². The SMILES string of the molecule is CC(N)c1ccc(C(F)(F)F)c(Cl)c1.Cl. The Morgan fingerprint density at radius 3 is 2.20 bits per heavy atom. The van der Waals surface area contributed by atoms with E-state index in [9.17, 15) is 13.2 Å². The fourth-order valence-corrected chi connectivity index (χ4v) is 1.34. The Morgan fingerprint density at radius 2 is 1.87 bits per heavy atom. The van der Waals surface area contributed by atoms with Crippen LogP contribution < -0.4 is 5.73 Å². The zero-order valence-electron chi connectivity index (χ0n) is 7.81.